The van der Waals surface area contributed by atoms with Crippen LogP contribution in [-0.2, 0) is 9.59 Å². The zero-order valence-electron chi connectivity index (χ0n) is 15.1. The minimum Gasteiger partial charge on any atom is -0.506 e. The van der Waals surface area contributed by atoms with Gasteiger partial charge in [0.2, 0.25) is 11.8 Å². The lowest BCUT2D eigenvalue weighted by molar-refractivity contribution is -0.130. The highest BCUT2D eigenvalue weighted by Crippen LogP contribution is 2.25. The number of piperidine rings is 1. The lowest BCUT2D eigenvalue weighted by Crippen LogP contribution is -2.40. The maximum Gasteiger partial charge on any atom is 0.246 e. The molecule has 5 nitrogen and oxygen atoms in total. The van der Waals surface area contributed by atoms with Crippen LogP contribution in [-0.4, -0.2) is 34.9 Å². The Morgan fingerprint density at radius 2 is 1.89 bits per heavy atom. The molecule has 7 heteroatoms. The number of hydrogen-bond acceptors (Lipinski definition) is 3. The molecular formula is C21H20BrFN2O3. The number of rotatable bonds is 4. The fourth-order valence-corrected chi connectivity index (χ4v) is 3.46. The molecule has 1 fully saturated rings. The summed E-state index contributed by atoms with van der Waals surface area (Å²) >= 11 is 3.28. The van der Waals surface area contributed by atoms with Crippen LogP contribution in [0.1, 0.15) is 18.4 Å². The van der Waals surface area contributed by atoms with Crippen LogP contribution in [0, 0.1) is 11.7 Å². The van der Waals surface area contributed by atoms with Gasteiger partial charge in [0.05, 0.1) is 5.69 Å². The number of phenols is 1. The Hall–Kier alpha value is -2.67. The van der Waals surface area contributed by atoms with Crippen molar-refractivity contribution in [2.24, 2.45) is 5.92 Å². The van der Waals surface area contributed by atoms with Crippen molar-refractivity contribution in [2.45, 2.75) is 12.8 Å². The van der Waals surface area contributed by atoms with Gasteiger partial charge in [0.15, 0.2) is 0 Å². The summed E-state index contributed by atoms with van der Waals surface area (Å²) in [5.74, 6) is -0.977. The van der Waals surface area contributed by atoms with Crippen molar-refractivity contribution in [2.75, 3.05) is 18.4 Å². The third kappa shape index (κ3) is 4.98. The molecule has 2 aromatic rings. The van der Waals surface area contributed by atoms with E-state index in [1.54, 1.807) is 35.2 Å². The summed E-state index contributed by atoms with van der Waals surface area (Å²) in [6, 6.07) is 11.1. The molecule has 0 aromatic heterocycles. The van der Waals surface area contributed by atoms with E-state index in [-0.39, 0.29) is 23.5 Å². The number of carbonyl (C=O) groups excluding carboxylic acids is 2. The van der Waals surface area contributed by atoms with Crippen molar-refractivity contribution in [3.8, 4) is 5.75 Å². The van der Waals surface area contributed by atoms with Gasteiger partial charge in [-0.15, -0.1) is 0 Å². The van der Waals surface area contributed by atoms with Crippen LogP contribution in [0.25, 0.3) is 6.08 Å². The summed E-state index contributed by atoms with van der Waals surface area (Å²) in [5, 5.41) is 12.5. The van der Waals surface area contributed by atoms with E-state index < -0.39 is 5.82 Å². The van der Waals surface area contributed by atoms with Gasteiger partial charge in [-0.25, -0.2) is 4.39 Å². The molecule has 1 heterocycles. The third-order valence-corrected chi connectivity index (χ3v) is 5.20. The predicted molar refractivity (Wildman–Crippen MR) is 109 cm³/mol. The van der Waals surface area contributed by atoms with E-state index in [0.29, 0.717) is 37.2 Å². The first kappa shape index (κ1) is 20.1. The van der Waals surface area contributed by atoms with Crippen LogP contribution in [0.3, 0.4) is 0 Å². The molecule has 1 aliphatic rings. The first-order valence-electron chi connectivity index (χ1n) is 8.95. The van der Waals surface area contributed by atoms with Crippen molar-refractivity contribution in [3.05, 3.63) is 64.4 Å². The van der Waals surface area contributed by atoms with E-state index in [4.69, 9.17) is 0 Å². The summed E-state index contributed by atoms with van der Waals surface area (Å²) in [6.45, 7) is 0.895. The van der Waals surface area contributed by atoms with Gasteiger partial charge in [-0.1, -0.05) is 28.1 Å². The molecular weight excluding hydrogens is 427 g/mol. The maximum absolute atomic E-state index is 13.8. The normalized spacial score (nSPS) is 15.0. The number of nitrogens with zero attached hydrogens (tertiary/aromatic N) is 1. The standard InChI is InChI=1S/C21H20BrFN2O3/c22-16-6-7-17(23)15(13-16)5-8-20(27)25-11-9-14(10-12-25)21(28)24-18-3-1-2-4-19(18)26/h1-8,13-14,26H,9-12H2,(H,24,28). The number of carbonyl (C=O) groups is 2. The number of aromatic hydroxyl groups is 1. The largest absolute Gasteiger partial charge is 0.506 e. The maximum atomic E-state index is 13.8. The van der Waals surface area contributed by atoms with Gasteiger partial charge in [0.1, 0.15) is 11.6 Å². The lowest BCUT2D eigenvalue weighted by Gasteiger charge is -2.30. The number of hydrogen-bond donors (Lipinski definition) is 2. The average Bonchev–Trinajstić information content (AvgIpc) is 2.70. The molecule has 1 saturated heterocycles. The summed E-state index contributed by atoms with van der Waals surface area (Å²) < 4.78 is 14.5. The summed E-state index contributed by atoms with van der Waals surface area (Å²) in [6.07, 6.45) is 3.88. The molecule has 0 saturated carbocycles. The van der Waals surface area contributed by atoms with E-state index >= 15 is 0 Å². The van der Waals surface area contributed by atoms with Crippen molar-refractivity contribution in [1.82, 2.24) is 4.90 Å². The van der Waals surface area contributed by atoms with E-state index in [1.165, 1.54) is 24.3 Å². The molecule has 2 aromatic carbocycles. The molecule has 2 N–H and O–H groups in total. The second kappa shape index (κ2) is 9.01. The SMILES string of the molecule is O=C(Nc1ccccc1O)C1CCN(C(=O)C=Cc2cc(Br)ccc2F)CC1. The molecule has 0 bridgehead atoms. The number of benzene rings is 2. The summed E-state index contributed by atoms with van der Waals surface area (Å²) in [7, 11) is 0. The number of halogens is 2. The number of phenolic OH excluding ortho intramolecular Hbond substituents is 1. The summed E-state index contributed by atoms with van der Waals surface area (Å²) in [4.78, 5) is 26.4. The Kier molecular flexibility index (Phi) is 6.46. The van der Waals surface area contributed by atoms with E-state index in [1.807, 2.05) is 0 Å². The van der Waals surface area contributed by atoms with Crippen molar-refractivity contribution < 1.29 is 19.1 Å². The van der Waals surface area contributed by atoms with E-state index in [2.05, 4.69) is 21.2 Å². The molecule has 0 atom stereocenters. The number of likely N-dealkylation sites (tertiary alicyclic amines) is 1. The number of para-hydroxylation sites is 2. The second-order valence-electron chi connectivity index (χ2n) is 6.61. The predicted octanol–water partition coefficient (Wildman–Crippen LogP) is 4.18. The monoisotopic (exact) mass is 446 g/mol. The van der Waals surface area contributed by atoms with E-state index in [0.717, 1.165) is 4.47 Å². The third-order valence-electron chi connectivity index (χ3n) is 4.70. The molecule has 2 amide bonds. The quantitative estimate of drug-likeness (QED) is 0.546. The Bertz CT molecular complexity index is 908. The first-order valence-corrected chi connectivity index (χ1v) is 9.74. The van der Waals surface area contributed by atoms with Crippen LogP contribution in [0.2, 0.25) is 0 Å². The van der Waals surface area contributed by atoms with Gasteiger partial charge in [-0.2, -0.15) is 0 Å². The molecule has 0 radical (unpaired) electrons. The Balaban J connectivity index is 1.54. The van der Waals surface area contributed by atoms with Crippen molar-refractivity contribution in [1.29, 1.82) is 0 Å². The van der Waals surface area contributed by atoms with Crippen LogP contribution >= 0.6 is 15.9 Å². The fraction of sp³-hybridized carbons (Fsp3) is 0.238. The lowest BCUT2D eigenvalue weighted by atomic mass is 9.95. The number of nitrogens with one attached hydrogen (secondary N) is 1. The van der Waals surface area contributed by atoms with Crippen molar-refractivity contribution >= 4 is 39.5 Å². The van der Waals surface area contributed by atoms with Crippen LogP contribution in [0.15, 0.2) is 53.0 Å². The van der Waals surface area contributed by atoms with E-state index in [9.17, 15) is 19.1 Å². The van der Waals surface area contributed by atoms with Crippen LogP contribution in [0.5, 0.6) is 5.75 Å². The Morgan fingerprint density at radius 3 is 2.61 bits per heavy atom. The fourth-order valence-electron chi connectivity index (χ4n) is 3.09. The van der Waals surface area contributed by atoms with Crippen LogP contribution < -0.4 is 5.32 Å². The molecule has 1 aliphatic heterocycles. The van der Waals surface area contributed by atoms with Gasteiger partial charge in [0, 0.05) is 35.1 Å². The van der Waals surface area contributed by atoms with Gasteiger partial charge < -0.3 is 15.3 Å². The number of amides is 2. The smallest absolute Gasteiger partial charge is 0.246 e. The van der Waals surface area contributed by atoms with Crippen molar-refractivity contribution in [3.63, 3.8) is 0 Å². The highest BCUT2D eigenvalue weighted by molar-refractivity contribution is 9.10. The molecule has 3 rings (SSSR count). The average molecular weight is 447 g/mol. The zero-order valence-corrected chi connectivity index (χ0v) is 16.7. The second-order valence-corrected chi connectivity index (χ2v) is 7.52. The summed E-state index contributed by atoms with van der Waals surface area (Å²) in [5.41, 5.74) is 0.713. The zero-order chi connectivity index (χ0) is 20.1. The molecule has 0 spiro atoms. The van der Waals surface area contributed by atoms with Gasteiger partial charge in [-0.05, 0) is 49.2 Å². The number of anilines is 1. The minimum absolute atomic E-state index is 0.0216. The highest BCUT2D eigenvalue weighted by Gasteiger charge is 2.27. The van der Waals surface area contributed by atoms with Gasteiger partial charge in [-0.3, -0.25) is 9.59 Å². The van der Waals surface area contributed by atoms with Gasteiger partial charge in [0.25, 0.3) is 0 Å². The molecule has 28 heavy (non-hydrogen) atoms. The topological polar surface area (TPSA) is 69.6 Å². The highest BCUT2D eigenvalue weighted by atomic mass is 79.9. The molecule has 0 aliphatic carbocycles. The first-order chi connectivity index (χ1) is 13.4. The minimum atomic E-state index is -0.396. The Morgan fingerprint density at radius 1 is 1.18 bits per heavy atom. The Labute approximate surface area is 171 Å². The van der Waals surface area contributed by atoms with Crippen LogP contribution in [0.4, 0.5) is 10.1 Å². The molecule has 0 unspecified atom stereocenters. The van der Waals surface area contributed by atoms with Gasteiger partial charge >= 0.3 is 0 Å². The molecule has 146 valence electrons.